The van der Waals surface area contributed by atoms with Crippen molar-refractivity contribution in [2.75, 3.05) is 18.5 Å². The molecule has 0 aliphatic heterocycles. The zero-order valence-corrected chi connectivity index (χ0v) is 9.67. The molecule has 0 saturated heterocycles. The van der Waals surface area contributed by atoms with Crippen LogP contribution in [0.15, 0.2) is 6.20 Å². The van der Waals surface area contributed by atoms with Gasteiger partial charge in [0.25, 0.3) is 0 Å². The summed E-state index contributed by atoms with van der Waals surface area (Å²) < 4.78 is 0. The van der Waals surface area contributed by atoms with Crippen LogP contribution in [0.5, 0.6) is 0 Å². The fourth-order valence-corrected chi connectivity index (χ4v) is 1.49. The molecule has 0 radical (unpaired) electrons. The molecule has 0 atom stereocenters. The molecule has 0 saturated carbocycles. The zero-order valence-electron chi connectivity index (χ0n) is 8.92. The van der Waals surface area contributed by atoms with E-state index in [0.29, 0.717) is 5.88 Å². The Morgan fingerprint density at radius 1 is 1.50 bits per heavy atom. The second kappa shape index (κ2) is 5.15. The minimum atomic E-state index is 0.476. The molecule has 0 amide bonds. The maximum Gasteiger partial charge on any atom is 0.225 e. The average molecular weight is 214 g/mol. The largest absolute Gasteiger partial charge is 0.344 e. The van der Waals surface area contributed by atoms with Crippen LogP contribution in [0.1, 0.15) is 24.6 Å². The standard InChI is InChI=1S/C10H16ClN3/c1-4-5-14(3)10-12-7-9(6-11)8(2)13-10/h7H,4-6H2,1-3H3. The highest BCUT2D eigenvalue weighted by Gasteiger charge is 2.05. The molecular formula is C10H16ClN3. The summed E-state index contributed by atoms with van der Waals surface area (Å²) in [6.45, 7) is 5.07. The first kappa shape index (κ1) is 11.2. The van der Waals surface area contributed by atoms with Crippen LogP contribution >= 0.6 is 11.6 Å². The molecule has 1 aromatic heterocycles. The van der Waals surface area contributed by atoms with E-state index < -0.39 is 0 Å². The lowest BCUT2D eigenvalue weighted by Gasteiger charge is -2.16. The number of halogens is 1. The first-order chi connectivity index (χ1) is 6.69. The Labute approximate surface area is 90.1 Å². The summed E-state index contributed by atoms with van der Waals surface area (Å²) in [6, 6.07) is 0. The van der Waals surface area contributed by atoms with E-state index in [0.717, 1.165) is 30.2 Å². The van der Waals surface area contributed by atoms with Crippen molar-refractivity contribution in [1.82, 2.24) is 9.97 Å². The average Bonchev–Trinajstić information content (AvgIpc) is 2.18. The van der Waals surface area contributed by atoms with Crippen LogP contribution in [0.3, 0.4) is 0 Å². The van der Waals surface area contributed by atoms with Gasteiger partial charge in [0.05, 0.1) is 5.88 Å². The lowest BCUT2D eigenvalue weighted by molar-refractivity contribution is 0.812. The van der Waals surface area contributed by atoms with Gasteiger partial charge in [0.2, 0.25) is 5.95 Å². The van der Waals surface area contributed by atoms with Crippen LogP contribution in [0, 0.1) is 6.92 Å². The van der Waals surface area contributed by atoms with Gasteiger partial charge in [0.15, 0.2) is 0 Å². The van der Waals surface area contributed by atoms with Gasteiger partial charge < -0.3 is 4.90 Å². The summed E-state index contributed by atoms with van der Waals surface area (Å²) in [7, 11) is 2.00. The number of aromatic nitrogens is 2. The number of alkyl halides is 1. The smallest absolute Gasteiger partial charge is 0.225 e. The van der Waals surface area contributed by atoms with Crippen molar-refractivity contribution >= 4 is 17.5 Å². The molecule has 4 heteroatoms. The van der Waals surface area contributed by atoms with E-state index in [9.17, 15) is 0 Å². The highest BCUT2D eigenvalue weighted by Crippen LogP contribution is 2.11. The Morgan fingerprint density at radius 2 is 2.21 bits per heavy atom. The predicted octanol–water partition coefficient (Wildman–Crippen LogP) is 2.37. The Morgan fingerprint density at radius 3 is 2.71 bits per heavy atom. The Kier molecular flexibility index (Phi) is 4.14. The summed E-state index contributed by atoms with van der Waals surface area (Å²) in [5.41, 5.74) is 1.97. The number of hydrogen-bond donors (Lipinski definition) is 0. The van der Waals surface area contributed by atoms with Gasteiger partial charge in [0.1, 0.15) is 0 Å². The second-order valence-electron chi connectivity index (χ2n) is 3.34. The summed E-state index contributed by atoms with van der Waals surface area (Å²) in [6.07, 6.45) is 2.90. The fourth-order valence-electron chi connectivity index (χ4n) is 1.23. The highest BCUT2D eigenvalue weighted by atomic mass is 35.5. The van der Waals surface area contributed by atoms with Crippen LogP contribution in [0.4, 0.5) is 5.95 Å². The first-order valence-electron chi connectivity index (χ1n) is 4.78. The van der Waals surface area contributed by atoms with Crippen molar-refractivity contribution in [1.29, 1.82) is 0 Å². The van der Waals surface area contributed by atoms with E-state index in [1.54, 1.807) is 6.20 Å². The van der Waals surface area contributed by atoms with Crippen molar-refractivity contribution in [3.8, 4) is 0 Å². The third-order valence-corrected chi connectivity index (χ3v) is 2.40. The van der Waals surface area contributed by atoms with Crippen molar-refractivity contribution in [2.45, 2.75) is 26.1 Å². The number of nitrogens with zero attached hydrogens (tertiary/aromatic N) is 3. The van der Waals surface area contributed by atoms with Gasteiger partial charge in [-0.3, -0.25) is 0 Å². The molecule has 3 nitrogen and oxygen atoms in total. The van der Waals surface area contributed by atoms with E-state index in [4.69, 9.17) is 11.6 Å². The van der Waals surface area contributed by atoms with Gasteiger partial charge in [-0.05, 0) is 13.3 Å². The Balaban J connectivity index is 2.85. The fraction of sp³-hybridized carbons (Fsp3) is 0.600. The van der Waals surface area contributed by atoms with Gasteiger partial charge in [-0.15, -0.1) is 11.6 Å². The van der Waals surface area contributed by atoms with Crippen molar-refractivity contribution in [3.05, 3.63) is 17.5 Å². The summed E-state index contributed by atoms with van der Waals surface area (Å²) in [4.78, 5) is 10.7. The molecular weight excluding hydrogens is 198 g/mol. The normalized spacial score (nSPS) is 10.3. The SMILES string of the molecule is CCCN(C)c1ncc(CCl)c(C)n1. The second-order valence-corrected chi connectivity index (χ2v) is 3.60. The molecule has 0 bridgehead atoms. The van der Waals surface area contributed by atoms with Crippen LogP contribution in [-0.4, -0.2) is 23.6 Å². The van der Waals surface area contributed by atoms with Crippen molar-refractivity contribution in [3.63, 3.8) is 0 Å². The number of hydrogen-bond acceptors (Lipinski definition) is 3. The Hall–Kier alpha value is -0.830. The van der Waals surface area contributed by atoms with E-state index >= 15 is 0 Å². The highest BCUT2D eigenvalue weighted by molar-refractivity contribution is 6.17. The van der Waals surface area contributed by atoms with E-state index in [1.807, 2.05) is 18.9 Å². The predicted molar refractivity (Wildman–Crippen MR) is 59.9 cm³/mol. The van der Waals surface area contributed by atoms with Gasteiger partial charge >= 0.3 is 0 Å². The van der Waals surface area contributed by atoms with Crippen LogP contribution in [0.2, 0.25) is 0 Å². The molecule has 1 aromatic rings. The van der Waals surface area contributed by atoms with Crippen LogP contribution in [-0.2, 0) is 5.88 Å². The summed E-state index contributed by atoms with van der Waals surface area (Å²) in [5.74, 6) is 1.25. The van der Waals surface area contributed by atoms with Gasteiger partial charge in [-0.1, -0.05) is 6.92 Å². The van der Waals surface area contributed by atoms with E-state index in [1.165, 1.54) is 0 Å². The molecule has 78 valence electrons. The molecule has 0 unspecified atom stereocenters. The quantitative estimate of drug-likeness (QED) is 0.720. The topological polar surface area (TPSA) is 29.0 Å². The van der Waals surface area contributed by atoms with Gasteiger partial charge in [0, 0.05) is 31.0 Å². The lowest BCUT2D eigenvalue weighted by atomic mass is 10.3. The van der Waals surface area contributed by atoms with Crippen molar-refractivity contribution in [2.24, 2.45) is 0 Å². The number of rotatable bonds is 4. The zero-order chi connectivity index (χ0) is 10.6. The molecule has 0 aliphatic rings. The molecule has 0 aliphatic carbocycles. The monoisotopic (exact) mass is 213 g/mol. The third kappa shape index (κ3) is 2.58. The van der Waals surface area contributed by atoms with E-state index in [2.05, 4.69) is 16.9 Å². The maximum absolute atomic E-state index is 5.73. The molecule has 0 fully saturated rings. The van der Waals surface area contributed by atoms with Crippen molar-refractivity contribution < 1.29 is 0 Å². The summed E-state index contributed by atoms with van der Waals surface area (Å²) in [5, 5.41) is 0. The minimum Gasteiger partial charge on any atom is -0.344 e. The molecule has 1 rings (SSSR count). The molecule has 0 aromatic carbocycles. The maximum atomic E-state index is 5.73. The molecule has 14 heavy (non-hydrogen) atoms. The third-order valence-electron chi connectivity index (χ3n) is 2.11. The molecule has 0 N–H and O–H groups in total. The lowest BCUT2D eigenvalue weighted by Crippen LogP contribution is -2.20. The van der Waals surface area contributed by atoms with Crippen LogP contribution < -0.4 is 4.90 Å². The Bertz CT molecular complexity index is 301. The number of anilines is 1. The van der Waals surface area contributed by atoms with E-state index in [-0.39, 0.29) is 0 Å². The van der Waals surface area contributed by atoms with Crippen LogP contribution in [0.25, 0.3) is 0 Å². The molecule has 0 spiro atoms. The minimum absolute atomic E-state index is 0.476. The van der Waals surface area contributed by atoms with Gasteiger partial charge in [-0.2, -0.15) is 0 Å². The number of aryl methyl sites for hydroxylation is 1. The summed E-state index contributed by atoms with van der Waals surface area (Å²) >= 11 is 5.73. The van der Waals surface area contributed by atoms with Gasteiger partial charge in [-0.25, -0.2) is 9.97 Å². The molecule has 1 heterocycles. The first-order valence-corrected chi connectivity index (χ1v) is 5.32.